The number of rotatable bonds is 23. The Hall–Kier alpha value is -1.03. The third kappa shape index (κ3) is 11.2. The fraction of sp³-hybridized carbons (Fsp3) is 0.818. The van der Waals surface area contributed by atoms with E-state index in [1.165, 1.54) is 64.0 Å². The Balaban J connectivity index is 5.75. The van der Waals surface area contributed by atoms with Crippen LogP contribution in [0.15, 0.2) is 11.1 Å². The number of carbonyl (C=O) groups is 2. The lowest BCUT2D eigenvalue weighted by Crippen LogP contribution is -2.42. The van der Waals surface area contributed by atoms with Crippen LogP contribution in [0.25, 0.3) is 0 Å². The van der Waals surface area contributed by atoms with E-state index in [0.29, 0.717) is 37.4 Å². The van der Waals surface area contributed by atoms with Crippen LogP contribution in [0.3, 0.4) is 0 Å². The van der Waals surface area contributed by atoms with E-state index in [1.54, 1.807) is 0 Å². The van der Waals surface area contributed by atoms with Gasteiger partial charge in [0.05, 0.1) is 6.61 Å². The molecule has 0 aromatic heterocycles. The zero-order valence-electron chi connectivity index (χ0n) is 24.2. The van der Waals surface area contributed by atoms with Gasteiger partial charge in [-0.15, -0.1) is 0 Å². The normalized spacial score (nSPS) is 13.4. The molecule has 0 rings (SSSR count). The molecule has 16 heteroatoms. The van der Waals surface area contributed by atoms with Crippen LogP contribution < -0.4 is 0 Å². The summed E-state index contributed by atoms with van der Waals surface area (Å²) in [5.41, 5.74) is 0.0482. The predicted molar refractivity (Wildman–Crippen MR) is 143 cm³/mol. The van der Waals surface area contributed by atoms with Gasteiger partial charge in [0.1, 0.15) is 0 Å². The molecular weight excluding hydrogens is 556 g/mol. The van der Waals surface area contributed by atoms with Gasteiger partial charge in [-0.2, -0.15) is 0 Å². The fourth-order valence-corrected chi connectivity index (χ4v) is 9.07. The van der Waals surface area contributed by atoms with Crippen molar-refractivity contribution in [3.63, 3.8) is 0 Å². The maximum atomic E-state index is 13.1. The van der Waals surface area contributed by atoms with Gasteiger partial charge in [0, 0.05) is 93.3 Å². The molecule has 224 valence electrons. The first-order valence-electron chi connectivity index (χ1n) is 12.2. The lowest BCUT2D eigenvalue weighted by molar-refractivity contribution is -0.140. The molecule has 13 nitrogen and oxygen atoms in total. The summed E-state index contributed by atoms with van der Waals surface area (Å²) in [6.45, 7) is 0.0417. The minimum absolute atomic E-state index is 0.0323. The van der Waals surface area contributed by atoms with Crippen molar-refractivity contribution in [1.82, 2.24) is 0 Å². The fourth-order valence-electron chi connectivity index (χ4n) is 3.94. The molecule has 0 radical (unpaired) electrons. The topological polar surface area (TPSA) is 147 Å². The third-order valence-corrected chi connectivity index (χ3v) is 14.8. The summed E-state index contributed by atoms with van der Waals surface area (Å²) in [4.78, 5) is 25.4. The van der Waals surface area contributed by atoms with Crippen LogP contribution in [0.4, 0.5) is 0 Å². The molecule has 0 aromatic rings. The Labute approximate surface area is 229 Å². The Morgan fingerprint density at radius 3 is 1.16 bits per heavy atom. The van der Waals surface area contributed by atoms with E-state index in [9.17, 15) is 14.7 Å². The SMILES string of the molecule is CO[Si](CCCOC(=O)/C(CCC[Si](OC)(OC)OC)=C(/CCC[Si](OC)(OC)OC)C(=O)O)(OC)OC. The van der Waals surface area contributed by atoms with Gasteiger partial charge < -0.3 is 49.7 Å². The standard InChI is InChI=1S/C22H46O13Si3/c1-26-36(27-2,28-3)16-10-13-19(21(23)24)20(14-11-17-37(29-4,30-5)31-6)22(25)35-15-12-18-38(32-7,33-8)34-9/h10-18H2,1-9H3,(H,23,24)/b20-19-. The molecule has 0 aliphatic carbocycles. The van der Waals surface area contributed by atoms with Gasteiger partial charge in [-0.05, 0) is 32.1 Å². The second-order valence-electron chi connectivity index (χ2n) is 8.09. The van der Waals surface area contributed by atoms with E-state index in [0.717, 1.165) is 0 Å². The third-order valence-electron chi connectivity index (χ3n) is 6.35. The van der Waals surface area contributed by atoms with Crippen LogP contribution in [0.2, 0.25) is 18.1 Å². The molecule has 0 fully saturated rings. The number of carboxylic acids is 1. The van der Waals surface area contributed by atoms with Gasteiger partial charge in [-0.25, -0.2) is 9.59 Å². The van der Waals surface area contributed by atoms with E-state index < -0.39 is 38.4 Å². The summed E-state index contributed by atoms with van der Waals surface area (Å²) in [7, 11) is 4.81. The van der Waals surface area contributed by atoms with Crippen LogP contribution in [0, 0.1) is 0 Å². The monoisotopic (exact) mass is 602 g/mol. The zero-order chi connectivity index (χ0) is 29.2. The second kappa shape index (κ2) is 19.1. The highest BCUT2D eigenvalue weighted by Crippen LogP contribution is 2.26. The summed E-state index contributed by atoms with van der Waals surface area (Å²) in [6, 6.07) is 1.19. The van der Waals surface area contributed by atoms with Gasteiger partial charge >= 0.3 is 38.4 Å². The first kappa shape index (κ1) is 37.0. The average Bonchev–Trinajstić information content (AvgIpc) is 2.95. The van der Waals surface area contributed by atoms with Crippen molar-refractivity contribution in [3.05, 3.63) is 11.1 Å². The summed E-state index contributed by atoms with van der Waals surface area (Å²) in [5, 5.41) is 10.0. The lowest BCUT2D eigenvalue weighted by Gasteiger charge is -2.25. The van der Waals surface area contributed by atoms with E-state index in [4.69, 9.17) is 44.6 Å². The Morgan fingerprint density at radius 2 is 0.842 bits per heavy atom. The highest BCUT2D eigenvalue weighted by Gasteiger charge is 2.39. The largest absolute Gasteiger partial charge is 0.500 e. The predicted octanol–water partition coefficient (Wildman–Crippen LogP) is 2.50. The van der Waals surface area contributed by atoms with E-state index >= 15 is 0 Å². The maximum Gasteiger partial charge on any atom is 0.500 e. The van der Waals surface area contributed by atoms with Crippen LogP contribution in [0.1, 0.15) is 32.1 Å². The summed E-state index contributed by atoms with van der Waals surface area (Å²) >= 11 is 0. The van der Waals surface area contributed by atoms with Crippen LogP contribution in [-0.2, 0) is 54.2 Å². The second-order valence-corrected chi connectivity index (χ2v) is 17.4. The highest BCUT2D eigenvalue weighted by atomic mass is 28.4. The zero-order valence-corrected chi connectivity index (χ0v) is 27.2. The molecule has 1 N–H and O–H groups in total. The lowest BCUT2D eigenvalue weighted by atomic mass is 10.00. The van der Waals surface area contributed by atoms with Gasteiger partial charge in [0.25, 0.3) is 0 Å². The molecule has 0 spiro atoms. The first-order chi connectivity index (χ1) is 18.1. The van der Waals surface area contributed by atoms with E-state index in [-0.39, 0.29) is 30.6 Å². The summed E-state index contributed by atoms with van der Waals surface area (Å²) in [5.74, 6) is -1.90. The number of carboxylic acid groups (broad SMARTS) is 1. The number of hydrogen-bond acceptors (Lipinski definition) is 12. The van der Waals surface area contributed by atoms with Crippen LogP contribution >= 0.6 is 0 Å². The number of carbonyl (C=O) groups excluding carboxylic acids is 1. The molecule has 0 bridgehead atoms. The summed E-state index contributed by atoms with van der Waals surface area (Å²) in [6.07, 6.45) is 1.41. The quantitative estimate of drug-likeness (QED) is 0.0791. The minimum Gasteiger partial charge on any atom is -0.478 e. The molecule has 0 unspecified atom stereocenters. The highest BCUT2D eigenvalue weighted by molar-refractivity contribution is 6.61. The molecule has 0 saturated carbocycles. The minimum atomic E-state index is -2.91. The van der Waals surface area contributed by atoms with Crippen molar-refractivity contribution in [2.24, 2.45) is 0 Å². The van der Waals surface area contributed by atoms with E-state index in [1.807, 2.05) is 0 Å². The molecule has 0 aliphatic rings. The number of aliphatic carboxylic acids is 1. The van der Waals surface area contributed by atoms with Gasteiger partial charge in [0.15, 0.2) is 0 Å². The van der Waals surface area contributed by atoms with Crippen molar-refractivity contribution >= 4 is 38.4 Å². The smallest absolute Gasteiger partial charge is 0.478 e. The molecule has 0 amide bonds. The number of hydrogen-bond donors (Lipinski definition) is 1. The number of esters is 1. The molecular formula is C22H46O13Si3. The van der Waals surface area contributed by atoms with Crippen molar-refractivity contribution < 1.29 is 59.3 Å². The number of ether oxygens (including phenoxy) is 1. The first-order valence-corrected chi connectivity index (χ1v) is 17.9. The molecule has 0 saturated heterocycles. The molecule has 0 heterocycles. The molecule has 0 aliphatic heterocycles. The maximum absolute atomic E-state index is 13.1. The molecule has 0 aromatic carbocycles. The van der Waals surface area contributed by atoms with Crippen molar-refractivity contribution in [2.75, 3.05) is 70.6 Å². The van der Waals surface area contributed by atoms with Crippen LogP contribution in [-0.4, -0.2) is 114 Å². The van der Waals surface area contributed by atoms with Crippen molar-refractivity contribution in [3.8, 4) is 0 Å². The van der Waals surface area contributed by atoms with Gasteiger partial charge in [-0.3, -0.25) is 0 Å². The van der Waals surface area contributed by atoms with E-state index in [2.05, 4.69) is 0 Å². The Morgan fingerprint density at radius 1 is 0.526 bits per heavy atom. The van der Waals surface area contributed by atoms with Gasteiger partial charge in [-0.1, -0.05) is 0 Å². The Bertz CT molecular complexity index is 698. The van der Waals surface area contributed by atoms with Crippen LogP contribution in [0.5, 0.6) is 0 Å². The molecule has 0 atom stereocenters. The average molecular weight is 603 g/mol. The summed E-state index contributed by atoms with van der Waals surface area (Å²) < 4.78 is 54.2. The van der Waals surface area contributed by atoms with Crippen molar-refractivity contribution in [2.45, 2.75) is 50.2 Å². The molecule has 38 heavy (non-hydrogen) atoms. The van der Waals surface area contributed by atoms with Crippen molar-refractivity contribution in [1.29, 1.82) is 0 Å². The van der Waals surface area contributed by atoms with Gasteiger partial charge in [0.2, 0.25) is 0 Å². The Kier molecular flexibility index (Phi) is 18.6.